The van der Waals surface area contributed by atoms with E-state index in [1.807, 2.05) is 0 Å². The van der Waals surface area contributed by atoms with Gasteiger partial charge in [0.05, 0.1) is 0 Å². The van der Waals surface area contributed by atoms with Gasteiger partial charge < -0.3 is 10.6 Å². The van der Waals surface area contributed by atoms with Gasteiger partial charge in [0.15, 0.2) is 17.6 Å². The molecule has 7 heteroatoms. The average Bonchev–Trinajstić information content (AvgIpc) is 2.72. The van der Waals surface area contributed by atoms with E-state index < -0.39 is 11.6 Å². The summed E-state index contributed by atoms with van der Waals surface area (Å²) < 4.78 is 27.0. The number of guanidine groups is 1. The van der Waals surface area contributed by atoms with Crippen molar-refractivity contribution in [3.05, 3.63) is 70.8 Å². The Bertz CT molecular complexity index is 836. The van der Waals surface area contributed by atoms with E-state index in [9.17, 15) is 8.78 Å². The maximum Gasteiger partial charge on any atom is 0.191 e. The molecule has 1 heterocycles. The van der Waals surface area contributed by atoms with E-state index in [-0.39, 0.29) is 24.0 Å². The summed E-state index contributed by atoms with van der Waals surface area (Å²) in [5, 5.41) is 6.66. The molecule has 0 atom stereocenters. The number of piperidine rings is 1. The third kappa shape index (κ3) is 7.19. The largest absolute Gasteiger partial charge is 0.356 e. The van der Waals surface area contributed by atoms with Crippen molar-refractivity contribution in [1.29, 1.82) is 0 Å². The molecule has 0 saturated carbocycles. The molecule has 1 aliphatic rings. The van der Waals surface area contributed by atoms with Crippen molar-refractivity contribution in [3.8, 4) is 0 Å². The number of hydrogen-bond acceptors (Lipinski definition) is 2. The summed E-state index contributed by atoms with van der Waals surface area (Å²) in [5.74, 6) is -0.861. The van der Waals surface area contributed by atoms with Crippen LogP contribution in [-0.2, 0) is 13.0 Å². The molecule has 0 aliphatic carbocycles. The fourth-order valence-corrected chi connectivity index (χ4v) is 3.75. The zero-order valence-corrected chi connectivity index (χ0v) is 20.0. The van der Waals surface area contributed by atoms with Crippen LogP contribution >= 0.6 is 24.0 Å². The fourth-order valence-electron chi connectivity index (χ4n) is 3.75. The number of nitrogens with one attached hydrogen (secondary N) is 2. The predicted molar refractivity (Wildman–Crippen MR) is 129 cm³/mol. The van der Waals surface area contributed by atoms with Gasteiger partial charge in [0, 0.05) is 39.3 Å². The second-order valence-electron chi connectivity index (χ2n) is 7.65. The molecular formula is C23H31F2IN4. The van der Waals surface area contributed by atoms with E-state index in [0.29, 0.717) is 30.5 Å². The Labute approximate surface area is 195 Å². The Morgan fingerprint density at radius 1 is 1.13 bits per heavy atom. The summed E-state index contributed by atoms with van der Waals surface area (Å²) in [4.78, 5) is 6.74. The van der Waals surface area contributed by atoms with Crippen LogP contribution in [0.15, 0.2) is 47.5 Å². The minimum atomic E-state index is -0.803. The van der Waals surface area contributed by atoms with Crippen molar-refractivity contribution >= 4 is 29.9 Å². The summed E-state index contributed by atoms with van der Waals surface area (Å²) >= 11 is 0. The van der Waals surface area contributed by atoms with Crippen molar-refractivity contribution in [2.24, 2.45) is 4.99 Å². The Hall–Kier alpha value is -1.74. The monoisotopic (exact) mass is 528 g/mol. The maximum absolute atomic E-state index is 13.7. The first-order valence-corrected chi connectivity index (χ1v) is 10.2. The van der Waals surface area contributed by atoms with Gasteiger partial charge in [0.2, 0.25) is 0 Å². The van der Waals surface area contributed by atoms with Crippen LogP contribution in [0.4, 0.5) is 8.78 Å². The Kier molecular flexibility index (Phi) is 9.97. The molecule has 164 valence electrons. The highest BCUT2D eigenvalue weighted by molar-refractivity contribution is 14.0. The van der Waals surface area contributed by atoms with Crippen molar-refractivity contribution in [3.63, 3.8) is 0 Å². The minimum absolute atomic E-state index is 0. The number of aliphatic imine (C=N–C) groups is 1. The van der Waals surface area contributed by atoms with Gasteiger partial charge in [-0.2, -0.15) is 0 Å². The van der Waals surface area contributed by atoms with Crippen LogP contribution in [0.25, 0.3) is 0 Å². The summed E-state index contributed by atoms with van der Waals surface area (Å²) in [5.41, 5.74) is 3.03. The summed E-state index contributed by atoms with van der Waals surface area (Å²) in [7, 11) is 1.73. The molecule has 0 radical (unpaired) electrons. The number of aryl methyl sites for hydroxylation is 1. The van der Waals surface area contributed by atoms with Gasteiger partial charge >= 0.3 is 0 Å². The lowest BCUT2D eigenvalue weighted by molar-refractivity contribution is 0.198. The van der Waals surface area contributed by atoms with Crippen molar-refractivity contribution in [2.45, 2.75) is 38.8 Å². The molecular weight excluding hydrogens is 497 g/mol. The van der Waals surface area contributed by atoms with E-state index in [1.54, 1.807) is 13.1 Å². The lowest BCUT2D eigenvalue weighted by Gasteiger charge is -2.33. The highest BCUT2D eigenvalue weighted by Crippen LogP contribution is 2.15. The van der Waals surface area contributed by atoms with Gasteiger partial charge in [-0.3, -0.25) is 9.89 Å². The van der Waals surface area contributed by atoms with Gasteiger partial charge in [-0.05, 0) is 43.4 Å². The van der Waals surface area contributed by atoms with Crippen molar-refractivity contribution < 1.29 is 8.78 Å². The number of benzene rings is 2. The lowest BCUT2D eigenvalue weighted by Crippen LogP contribution is -2.48. The third-order valence-corrected chi connectivity index (χ3v) is 5.36. The molecule has 2 N–H and O–H groups in total. The highest BCUT2D eigenvalue weighted by atomic mass is 127. The predicted octanol–water partition coefficient (Wildman–Crippen LogP) is 4.26. The zero-order chi connectivity index (χ0) is 20.6. The molecule has 2 aromatic carbocycles. The number of rotatable bonds is 6. The topological polar surface area (TPSA) is 39.7 Å². The molecule has 1 saturated heterocycles. The molecule has 3 rings (SSSR count). The molecule has 0 spiro atoms. The Balaban J connectivity index is 0.00000320. The average molecular weight is 528 g/mol. The van der Waals surface area contributed by atoms with Gasteiger partial charge in [-0.15, -0.1) is 24.0 Å². The normalized spacial score (nSPS) is 15.5. The molecule has 1 fully saturated rings. The Morgan fingerprint density at radius 3 is 2.57 bits per heavy atom. The number of hydrogen-bond donors (Lipinski definition) is 2. The standard InChI is InChI=1S/C23H30F2N4.HI/c1-17-5-3-6-18(15-17)16-29-13-10-20(11-14-29)28-23(26-2)27-12-9-19-7-4-8-21(24)22(19)25;/h3-8,15,20H,9-14,16H2,1-2H3,(H2,26,27,28);1H. The van der Waals surface area contributed by atoms with E-state index in [4.69, 9.17) is 0 Å². The highest BCUT2D eigenvalue weighted by Gasteiger charge is 2.20. The minimum Gasteiger partial charge on any atom is -0.356 e. The molecule has 2 aromatic rings. The number of likely N-dealkylation sites (tertiary alicyclic amines) is 1. The van der Waals surface area contributed by atoms with Crippen LogP contribution in [0, 0.1) is 18.6 Å². The number of halogens is 3. The molecule has 30 heavy (non-hydrogen) atoms. The van der Waals surface area contributed by atoms with Crippen molar-refractivity contribution in [2.75, 3.05) is 26.7 Å². The zero-order valence-electron chi connectivity index (χ0n) is 17.6. The van der Waals surface area contributed by atoms with Crippen LogP contribution in [0.3, 0.4) is 0 Å². The van der Waals surface area contributed by atoms with E-state index >= 15 is 0 Å². The quantitative estimate of drug-likeness (QED) is 0.335. The van der Waals surface area contributed by atoms with Gasteiger partial charge in [0.25, 0.3) is 0 Å². The van der Waals surface area contributed by atoms with Crippen LogP contribution in [0.5, 0.6) is 0 Å². The third-order valence-electron chi connectivity index (χ3n) is 5.36. The van der Waals surface area contributed by atoms with E-state index in [0.717, 1.165) is 38.5 Å². The molecule has 0 amide bonds. The molecule has 0 bridgehead atoms. The summed E-state index contributed by atoms with van der Waals surface area (Å²) in [6, 6.07) is 13.3. The van der Waals surface area contributed by atoms with Gasteiger partial charge in [-0.25, -0.2) is 8.78 Å². The molecule has 1 aliphatic heterocycles. The van der Waals surface area contributed by atoms with E-state index in [1.165, 1.54) is 17.2 Å². The second-order valence-corrected chi connectivity index (χ2v) is 7.65. The summed E-state index contributed by atoms with van der Waals surface area (Å²) in [6.45, 7) is 5.68. The van der Waals surface area contributed by atoms with E-state index in [2.05, 4.69) is 51.7 Å². The number of nitrogens with zero attached hydrogens (tertiary/aromatic N) is 2. The first kappa shape index (κ1) is 24.5. The van der Waals surface area contributed by atoms with Crippen LogP contribution in [0.2, 0.25) is 0 Å². The van der Waals surface area contributed by atoms with Crippen LogP contribution in [0.1, 0.15) is 29.5 Å². The molecule has 4 nitrogen and oxygen atoms in total. The maximum atomic E-state index is 13.7. The first-order chi connectivity index (χ1) is 14.0. The smallest absolute Gasteiger partial charge is 0.191 e. The van der Waals surface area contributed by atoms with Crippen LogP contribution in [-0.4, -0.2) is 43.6 Å². The van der Waals surface area contributed by atoms with Crippen molar-refractivity contribution in [1.82, 2.24) is 15.5 Å². The Morgan fingerprint density at radius 2 is 1.87 bits per heavy atom. The van der Waals surface area contributed by atoms with Crippen LogP contribution < -0.4 is 10.6 Å². The first-order valence-electron chi connectivity index (χ1n) is 10.2. The SMILES string of the molecule is CN=C(NCCc1cccc(F)c1F)NC1CCN(Cc2cccc(C)c2)CC1.I. The van der Waals surface area contributed by atoms with Gasteiger partial charge in [0.1, 0.15) is 0 Å². The van der Waals surface area contributed by atoms with Gasteiger partial charge in [-0.1, -0.05) is 42.0 Å². The second kappa shape index (κ2) is 12.2. The lowest BCUT2D eigenvalue weighted by atomic mass is 10.0. The summed E-state index contributed by atoms with van der Waals surface area (Å²) in [6.07, 6.45) is 2.50. The fraction of sp³-hybridized carbons (Fsp3) is 0.435. The molecule has 0 unspecified atom stereocenters. The molecule has 0 aromatic heterocycles.